The molecule has 1 aliphatic carbocycles. The van der Waals surface area contributed by atoms with Crippen LogP contribution < -0.4 is 15.4 Å². The molecule has 0 aromatic heterocycles. The van der Waals surface area contributed by atoms with E-state index < -0.39 is 6.61 Å². The first kappa shape index (κ1) is 15.9. The van der Waals surface area contributed by atoms with E-state index in [0.29, 0.717) is 17.1 Å². The fourth-order valence-corrected chi connectivity index (χ4v) is 2.86. The number of rotatable bonds is 4. The summed E-state index contributed by atoms with van der Waals surface area (Å²) in [6, 6.07) is 6.70. The van der Waals surface area contributed by atoms with Crippen molar-refractivity contribution < 1.29 is 13.5 Å². The summed E-state index contributed by atoms with van der Waals surface area (Å²) in [6.07, 6.45) is 4.86. The third kappa shape index (κ3) is 5.12. The Kier molecular flexibility index (Phi) is 5.73. The van der Waals surface area contributed by atoms with Gasteiger partial charge in [-0.25, -0.2) is 0 Å². The van der Waals surface area contributed by atoms with Gasteiger partial charge >= 0.3 is 6.61 Å². The van der Waals surface area contributed by atoms with Gasteiger partial charge in [-0.1, -0.05) is 19.8 Å². The summed E-state index contributed by atoms with van der Waals surface area (Å²) in [5.41, 5.74) is 0.748. The molecule has 1 fully saturated rings. The van der Waals surface area contributed by atoms with Gasteiger partial charge in [-0.15, -0.1) is 0 Å². The van der Waals surface area contributed by atoms with Crippen LogP contribution in [0.4, 0.5) is 14.5 Å². The molecular formula is C15H20F2N2OS. The number of ether oxygens (including phenoxy) is 1. The van der Waals surface area contributed by atoms with Crippen molar-refractivity contribution in [3.63, 3.8) is 0 Å². The van der Waals surface area contributed by atoms with Gasteiger partial charge in [0.2, 0.25) is 0 Å². The van der Waals surface area contributed by atoms with Gasteiger partial charge in [-0.05, 0) is 55.2 Å². The van der Waals surface area contributed by atoms with E-state index in [1.54, 1.807) is 12.1 Å². The second kappa shape index (κ2) is 7.54. The van der Waals surface area contributed by atoms with Crippen molar-refractivity contribution in [3.8, 4) is 5.75 Å². The maximum Gasteiger partial charge on any atom is 0.387 e. The van der Waals surface area contributed by atoms with E-state index >= 15 is 0 Å². The molecule has 1 aromatic carbocycles. The molecule has 0 spiro atoms. The van der Waals surface area contributed by atoms with Crippen LogP contribution in [-0.2, 0) is 0 Å². The molecule has 21 heavy (non-hydrogen) atoms. The zero-order chi connectivity index (χ0) is 15.2. The predicted molar refractivity (Wildman–Crippen MR) is 83.9 cm³/mol. The number of nitrogens with one attached hydrogen (secondary N) is 2. The van der Waals surface area contributed by atoms with Crippen molar-refractivity contribution in [2.24, 2.45) is 5.92 Å². The van der Waals surface area contributed by atoms with Crippen LogP contribution >= 0.6 is 12.2 Å². The Balaban J connectivity index is 1.84. The molecule has 2 rings (SSSR count). The zero-order valence-electron chi connectivity index (χ0n) is 11.9. The third-order valence-corrected chi connectivity index (χ3v) is 3.99. The highest BCUT2D eigenvalue weighted by Crippen LogP contribution is 2.24. The topological polar surface area (TPSA) is 33.3 Å². The van der Waals surface area contributed by atoms with Crippen LogP contribution in [0.5, 0.6) is 5.75 Å². The molecular weight excluding hydrogens is 294 g/mol. The largest absolute Gasteiger partial charge is 0.435 e. The summed E-state index contributed by atoms with van der Waals surface area (Å²) in [7, 11) is 0. The number of alkyl halides is 2. The summed E-state index contributed by atoms with van der Waals surface area (Å²) in [6.45, 7) is -0.574. The lowest BCUT2D eigenvalue weighted by atomic mass is 9.86. The molecule has 2 atom stereocenters. The average Bonchev–Trinajstić information content (AvgIpc) is 2.43. The molecule has 3 nitrogen and oxygen atoms in total. The minimum Gasteiger partial charge on any atom is -0.435 e. The Morgan fingerprint density at radius 3 is 2.52 bits per heavy atom. The van der Waals surface area contributed by atoms with Gasteiger partial charge in [0.15, 0.2) is 5.11 Å². The molecule has 1 aromatic rings. The van der Waals surface area contributed by atoms with Crippen LogP contribution in [0.2, 0.25) is 0 Å². The maximum atomic E-state index is 12.1. The number of hydrogen-bond donors (Lipinski definition) is 2. The second-order valence-corrected chi connectivity index (χ2v) is 5.78. The molecule has 0 amide bonds. The van der Waals surface area contributed by atoms with Gasteiger partial charge in [0.1, 0.15) is 5.75 Å². The molecule has 2 N–H and O–H groups in total. The van der Waals surface area contributed by atoms with Crippen LogP contribution in [0, 0.1) is 5.92 Å². The van der Waals surface area contributed by atoms with Gasteiger partial charge in [0.05, 0.1) is 0 Å². The molecule has 0 unspecified atom stereocenters. The summed E-state index contributed by atoms with van der Waals surface area (Å²) in [5.74, 6) is 0.746. The normalized spacial score (nSPS) is 21.9. The number of halogens is 2. The van der Waals surface area contributed by atoms with Crippen LogP contribution in [0.15, 0.2) is 24.3 Å². The first-order valence-electron chi connectivity index (χ1n) is 7.17. The minimum absolute atomic E-state index is 0.135. The summed E-state index contributed by atoms with van der Waals surface area (Å²) in [4.78, 5) is 0. The molecule has 0 heterocycles. The number of hydrogen-bond acceptors (Lipinski definition) is 2. The lowest BCUT2D eigenvalue weighted by Crippen LogP contribution is -2.43. The number of benzene rings is 1. The van der Waals surface area contributed by atoms with E-state index in [4.69, 9.17) is 12.2 Å². The smallest absolute Gasteiger partial charge is 0.387 e. The van der Waals surface area contributed by atoms with E-state index in [-0.39, 0.29) is 5.75 Å². The minimum atomic E-state index is -2.81. The van der Waals surface area contributed by atoms with Crippen LogP contribution in [-0.4, -0.2) is 17.8 Å². The summed E-state index contributed by atoms with van der Waals surface area (Å²) in [5, 5.41) is 6.97. The number of thiocarbonyl (C=S) groups is 1. The average molecular weight is 314 g/mol. The van der Waals surface area contributed by atoms with Gasteiger partial charge in [-0.2, -0.15) is 8.78 Å². The molecule has 116 valence electrons. The lowest BCUT2D eigenvalue weighted by molar-refractivity contribution is -0.0498. The second-order valence-electron chi connectivity index (χ2n) is 5.37. The van der Waals surface area contributed by atoms with Crippen LogP contribution in [0.3, 0.4) is 0 Å². The first-order chi connectivity index (χ1) is 10.0. The quantitative estimate of drug-likeness (QED) is 0.818. The SMILES string of the molecule is C[C@H]1CCCC[C@H]1NC(=S)Nc1ccc(OC(F)F)cc1. The molecule has 0 saturated heterocycles. The Labute approximate surface area is 129 Å². The van der Waals surface area contributed by atoms with Crippen molar-refractivity contribution in [2.75, 3.05) is 5.32 Å². The molecule has 0 aliphatic heterocycles. The molecule has 0 bridgehead atoms. The zero-order valence-corrected chi connectivity index (χ0v) is 12.8. The van der Waals surface area contributed by atoms with Gasteiger partial charge in [0.25, 0.3) is 0 Å². The third-order valence-electron chi connectivity index (χ3n) is 3.77. The van der Waals surface area contributed by atoms with E-state index in [1.165, 1.54) is 31.4 Å². The molecule has 1 aliphatic rings. The molecule has 1 saturated carbocycles. The lowest BCUT2D eigenvalue weighted by Gasteiger charge is -2.30. The Bertz CT molecular complexity index is 467. The van der Waals surface area contributed by atoms with E-state index in [9.17, 15) is 8.78 Å². The fraction of sp³-hybridized carbons (Fsp3) is 0.533. The molecule has 0 radical (unpaired) electrons. The van der Waals surface area contributed by atoms with E-state index in [0.717, 1.165) is 12.1 Å². The maximum absolute atomic E-state index is 12.1. The van der Waals surface area contributed by atoms with Gasteiger partial charge < -0.3 is 15.4 Å². The van der Waals surface area contributed by atoms with Crippen molar-refractivity contribution in [2.45, 2.75) is 45.3 Å². The highest BCUT2D eigenvalue weighted by Gasteiger charge is 2.21. The van der Waals surface area contributed by atoms with Crippen LogP contribution in [0.25, 0.3) is 0 Å². The van der Waals surface area contributed by atoms with Crippen LogP contribution in [0.1, 0.15) is 32.6 Å². The van der Waals surface area contributed by atoms with Gasteiger partial charge in [-0.3, -0.25) is 0 Å². The molecule has 6 heteroatoms. The Morgan fingerprint density at radius 2 is 1.90 bits per heavy atom. The summed E-state index contributed by atoms with van der Waals surface area (Å²) >= 11 is 5.30. The fourth-order valence-electron chi connectivity index (χ4n) is 2.59. The Morgan fingerprint density at radius 1 is 1.24 bits per heavy atom. The first-order valence-corrected chi connectivity index (χ1v) is 7.58. The van der Waals surface area contributed by atoms with Crippen molar-refractivity contribution in [3.05, 3.63) is 24.3 Å². The number of anilines is 1. The van der Waals surface area contributed by atoms with Crippen molar-refractivity contribution >= 4 is 23.0 Å². The monoisotopic (exact) mass is 314 g/mol. The van der Waals surface area contributed by atoms with E-state index in [1.807, 2.05) is 0 Å². The summed E-state index contributed by atoms with van der Waals surface area (Å²) < 4.78 is 28.4. The highest BCUT2D eigenvalue weighted by molar-refractivity contribution is 7.80. The van der Waals surface area contributed by atoms with Crippen molar-refractivity contribution in [1.82, 2.24) is 5.32 Å². The van der Waals surface area contributed by atoms with E-state index in [2.05, 4.69) is 22.3 Å². The van der Waals surface area contributed by atoms with Gasteiger partial charge in [0, 0.05) is 11.7 Å². The standard InChI is InChI=1S/C15H20F2N2OS/c1-10-4-2-3-5-13(10)19-15(21)18-11-6-8-12(9-7-11)20-14(16)17/h6-10,13-14H,2-5H2,1H3,(H2,18,19,21)/t10-,13+/m0/s1. The van der Waals surface area contributed by atoms with Crippen molar-refractivity contribution in [1.29, 1.82) is 0 Å². The highest BCUT2D eigenvalue weighted by atomic mass is 32.1. The predicted octanol–water partition coefficient (Wildman–Crippen LogP) is 4.15. The Hall–Kier alpha value is -1.43.